The van der Waals surface area contributed by atoms with Gasteiger partial charge >= 0.3 is 0 Å². The summed E-state index contributed by atoms with van der Waals surface area (Å²) in [5.41, 5.74) is 5.60. The summed E-state index contributed by atoms with van der Waals surface area (Å²) in [4.78, 5) is 17.4. The molecule has 2 aromatic carbocycles. The second-order valence-corrected chi connectivity index (χ2v) is 7.23. The number of hydrogen-bond acceptors (Lipinski definition) is 4. The number of hydrogen-bond donors (Lipinski definition) is 2. The minimum Gasteiger partial charge on any atom is -0.507 e. The molecule has 2 N–H and O–H groups in total. The van der Waals surface area contributed by atoms with Gasteiger partial charge in [-0.1, -0.05) is 12.1 Å². The minimum absolute atomic E-state index is 0.155. The van der Waals surface area contributed by atoms with Gasteiger partial charge in [-0.05, 0) is 91.5 Å². The van der Waals surface area contributed by atoms with Gasteiger partial charge in [0.2, 0.25) is 0 Å². The van der Waals surface area contributed by atoms with Crippen LogP contribution in [-0.2, 0) is 4.79 Å². The van der Waals surface area contributed by atoms with E-state index in [0.29, 0.717) is 15.8 Å². The third-order valence-electron chi connectivity index (χ3n) is 4.26. The van der Waals surface area contributed by atoms with E-state index in [1.54, 1.807) is 0 Å². The third-order valence-corrected chi connectivity index (χ3v) is 5.17. The first kappa shape index (κ1) is 17.3. The van der Waals surface area contributed by atoms with E-state index in [1.165, 1.54) is 17.3 Å². The molecule has 1 saturated heterocycles. The molecule has 0 aromatic heterocycles. The molecule has 0 spiro atoms. The summed E-state index contributed by atoms with van der Waals surface area (Å²) >= 11 is 1.33. The van der Waals surface area contributed by atoms with Crippen LogP contribution in [0.1, 0.15) is 27.8 Å². The van der Waals surface area contributed by atoms with E-state index in [4.69, 9.17) is 0 Å². The Balaban J connectivity index is 1.90. The van der Waals surface area contributed by atoms with Crippen molar-refractivity contribution in [1.82, 2.24) is 5.32 Å². The molecule has 3 rings (SSSR count). The normalized spacial score (nSPS) is 17.4. The molecule has 1 heterocycles. The Hall–Kier alpha value is -2.53. The standard InChI is InChI=1S/C20H20N2O2S/c1-11-6-5-7-16(14(11)4)21-20-22-19(24)17(25-20)10-15-8-12(2)18(23)13(3)9-15/h5-10,23H,1-4H3,(H,21,22,24). The summed E-state index contributed by atoms with van der Waals surface area (Å²) in [7, 11) is 0. The van der Waals surface area contributed by atoms with Crippen molar-refractivity contribution < 1.29 is 9.90 Å². The van der Waals surface area contributed by atoms with Crippen LogP contribution in [0.3, 0.4) is 0 Å². The Morgan fingerprint density at radius 1 is 1.08 bits per heavy atom. The lowest BCUT2D eigenvalue weighted by molar-refractivity contribution is -0.115. The van der Waals surface area contributed by atoms with Crippen LogP contribution in [0.5, 0.6) is 5.75 Å². The number of aromatic hydroxyl groups is 1. The number of amidine groups is 1. The van der Waals surface area contributed by atoms with Crippen molar-refractivity contribution in [1.29, 1.82) is 0 Å². The smallest absolute Gasteiger partial charge is 0.264 e. The Bertz CT molecular complexity index is 906. The predicted octanol–water partition coefficient (Wildman–Crippen LogP) is 4.52. The highest BCUT2D eigenvalue weighted by Gasteiger charge is 2.24. The first-order valence-corrected chi connectivity index (χ1v) is 8.83. The molecule has 1 aliphatic heterocycles. The number of amides is 1. The van der Waals surface area contributed by atoms with E-state index in [2.05, 4.69) is 10.3 Å². The largest absolute Gasteiger partial charge is 0.507 e. The van der Waals surface area contributed by atoms with Gasteiger partial charge in [0.1, 0.15) is 5.75 Å². The lowest BCUT2D eigenvalue weighted by Crippen LogP contribution is -2.19. The number of carbonyl (C=O) groups excluding carboxylic acids is 1. The van der Waals surface area contributed by atoms with Crippen LogP contribution in [0.2, 0.25) is 0 Å². The van der Waals surface area contributed by atoms with Crippen LogP contribution in [-0.4, -0.2) is 16.2 Å². The number of phenolic OH excluding ortho intramolecular Hbond substituents is 1. The van der Waals surface area contributed by atoms with E-state index in [0.717, 1.165) is 27.9 Å². The first-order valence-electron chi connectivity index (χ1n) is 8.01. The molecule has 1 amide bonds. The number of benzene rings is 2. The Labute approximate surface area is 151 Å². The van der Waals surface area contributed by atoms with Crippen molar-refractivity contribution in [3.05, 3.63) is 63.1 Å². The van der Waals surface area contributed by atoms with Crippen molar-refractivity contribution in [3.63, 3.8) is 0 Å². The molecule has 1 fully saturated rings. The van der Waals surface area contributed by atoms with Crippen molar-refractivity contribution in [2.45, 2.75) is 27.7 Å². The zero-order valence-electron chi connectivity index (χ0n) is 14.7. The highest BCUT2D eigenvalue weighted by Crippen LogP contribution is 2.31. The number of aliphatic imine (C=N–C) groups is 1. The quantitative estimate of drug-likeness (QED) is 0.781. The molecule has 1 aliphatic rings. The Kier molecular flexibility index (Phi) is 4.68. The topological polar surface area (TPSA) is 61.7 Å². The molecule has 2 aromatic rings. The number of aryl methyl sites for hydroxylation is 3. The van der Waals surface area contributed by atoms with Crippen LogP contribution in [0.15, 0.2) is 40.2 Å². The Morgan fingerprint density at radius 3 is 2.44 bits per heavy atom. The highest BCUT2D eigenvalue weighted by molar-refractivity contribution is 8.18. The number of carbonyl (C=O) groups is 1. The molecule has 0 radical (unpaired) electrons. The van der Waals surface area contributed by atoms with Crippen LogP contribution in [0.4, 0.5) is 5.69 Å². The zero-order chi connectivity index (χ0) is 18.1. The second-order valence-electron chi connectivity index (χ2n) is 6.20. The van der Waals surface area contributed by atoms with Gasteiger partial charge in [0.05, 0.1) is 10.6 Å². The van der Waals surface area contributed by atoms with Crippen LogP contribution >= 0.6 is 11.8 Å². The van der Waals surface area contributed by atoms with Crippen molar-refractivity contribution in [2.75, 3.05) is 0 Å². The summed E-state index contributed by atoms with van der Waals surface area (Å²) in [6.45, 7) is 7.76. The number of phenols is 1. The summed E-state index contributed by atoms with van der Waals surface area (Å²) < 4.78 is 0. The van der Waals surface area contributed by atoms with Gasteiger partial charge in [-0.2, -0.15) is 0 Å². The van der Waals surface area contributed by atoms with Crippen molar-refractivity contribution in [3.8, 4) is 5.75 Å². The fraction of sp³-hybridized carbons (Fsp3) is 0.200. The molecule has 128 valence electrons. The van der Waals surface area contributed by atoms with Gasteiger partial charge in [0.25, 0.3) is 5.91 Å². The lowest BCUT2D eigenvalue weighted by Gasteiger charge is -2.05. The summed E-state index contributed by atoms with van der Waals surface area (Å²) in [5, 5.41) is 13.3. The fourth-order valence-corrected chi connectivity index (χ4v) is 3.51. The van der Waals surface area contributed by atoms with Crippen molar-refractivity contribution in [2.24, 2.45) is 4.99 Å². The van der Waals surface area contributed by atoms with Crippen LogP contribution in [0.25, 0.3) is 6.08 Å². The van der Waals surface area contributed by atoms with E-state index >= 15 is 0 Å². The molecule has 0 atom stereocenters. The maximum Gasteiger partial charge on any atom is 0.264 e. The van der Waals surface area contributed by atoms with Gasteiger partial charge in [-0.25, -0.2) is 4.99 Å². The zero-order valence-corrected chi connectivity index (χ0v) is 15.5. The number of thioether (sulfide) groups is 1. The average molecular weight is 352 g/mol. The summed E-state index contributed by atoms with van der Waals surface area (Å²) in [6.07, 6.45) is 1.82. The van der Waals surface area contributed by atoms with Gasteiger partial charge in [0.15, 0.2) is 5.17 Å². The van der Waals surface area contributed by atoms with Gasteiger partial charge in [-0.15, -0.1) is 0 Å². The third kappa shape index (κ3) is 3.61. The Morgan fingerprint density at radius 2 is 1.76 bits per heavy atom. The van der Waals surface area contributed by atoms with Crippen LogP contribution in [0, 0.1) is 27.7 Å². The van der Waals surface area contributed by atoms with E-state index in [9.17, 15) is 9.90 Å². The maximum atomic E-state index is 12.2. The molecule has 0 bridgehead atoms. The maximum absolute atomic E-state index is 12.2. The number of nitrogens with one attached hydrogen (secondary N) is 1. The van der Waals surface area contributed by atoms with Crippen LogP contribution < -0.4 is 5.32 Å². The van der Waals surface area contributed by atoms with E-state index < -0.39 is 0 Å². The molecular weight excluding hydrogens is 332 g/mol. The minimum atomic E-state index is -0.155. The summed E-state index contributed by atoms with van der Waals surface area (Å²) in [5.74, 6) is 0.139. The number of rotatable bonds is 2. The predicted molar refractivity (Wildman–Crippen MR) is 104 cm³/mol. The fourth-order valence-electron chi connectivity index (χ4n) is 2.67. The molecule has 4 nitrogen and oxygen atoms in total. The average Bonchev–Trinajstić information content (AvgIpc) is 2.89. The molecule has 0 unspecified atom stereocenters. The van der Waals surface area contributed by atoms with E-state index in [-0.39, 0.29) is 5.91 Å². The molecular formula is C20H20N2O2S. The summed E-state index contributed by atoms with van der Waals surface area (Å²) in [6, 6.07) is 9.67. The lowest BCUT2D eigenvalue weighted by atomic mass is 10.1. The molecule has 25 heavy (non-hydrogen) atoms. The SMILES string of the molecule is Cc1cccc(N=C2NC(=O)C(=Cc3cc(C)c(O)c(C)c3)S2)c1C. The van der Waals surface area contributed by atoms with Gasteiger partial charge in [0, 0.05) is 0 Å². The van der Waals surface area contributed by atoms with E-state index in [1.807, 2.05) is 64.1 Å². The molecule has 0 aliphatic carbocycles. The molecule has 0 saturated carbocycles. The number of nitrogens with zero attached hydrogens (tertiary/aromatic N) is 1. The van der Waals surface area contributed by atoms with Gasteiger partial charge < -0.3 is 10.4 Å². The molecule has 5 heteroatoms. The monoisotopic (exact) mass is 352 g/mol. The van der Waals surface area contributed by atoms with Crippen molar-refractivity contribution >= 4 is 34.6 Å². The highest BCUT2D eigenvalue weighted by atomic mass is 32.2. The second kappa shape index (κ2) is 6.76. The van der Waals surface area contributed by atoms with Gasteiger partial charge in [-0.3, -0.25) is 4.79 Å². The first-order chi connectivity index (χ1) is 11.8.